The Kier molecular flexibility index (Phi) is 4.40. The van der Waals surface area contributed by atoms with Crippen molar-refractivity contribution < 1.29 is 9.13 Å². The van der Waals surface area contributed by atoms with Gasteiger partial charge in [-0.25, -0.2) is 4.39 Å². The van der Waals surface area contributed by atoms with Crippen molar-refractivity contribution in [1.29, 1.82) is 0 Å². The molecule has 0 aromatic heterocycles. The third-order valence-electron chi connectivity index (χ3n) is 2.75. The molecule has 19 heavy (non-hydrogen) atoms. The van der Waals surface area contributed by atoms with E-state index in [9.17, 15) is 4.39 Å². The van der Waals surface area contributed by atoms with Crippen molar-refractivity contribution in [2.75, 3.05) is 7.05 Å². The second kappa shape index (κ2) is 6.04. The van der Waals surface area contributed by atoms with Crippen LogP contribution in [-0.2, 0) is 6.54 Å². The quantitative estimate of drug-likeness (QED) is 0.901. The lowest BCUT2D eigenvalue weighted by Crippen LogP contribution is -2.06. The van der Waals surface area contributed by atoms with Gasteiger partial charge in [0.05, 0.1) is 0 Å². The summed E-state index contributed by atoms with van der Waals surface area (Å²) in [7, 11) is 1.85. The van der Waals surface area contributed by atoms with E-state index >= 15 is 0 Å². The van der Waals surface area contributed by atoms with E-state index in [-0.39, 0.29) is 5.82 Å². The third-order valence-corrected chi connectivity index (χ3v) is 2.98. The van der Waals surface area contributed by atoms with Gasteiger partial charge in [0, 0.05) is 17.1 Å². The molecule has 0 aliphatic carbocycles. The van der Waals surface area contributed by atoms with Crippen molar-refractivity contribution in [2.45, 2.75) is 13.5 Å². The third kappa shape index (κ3) is 3.46. The monoisotopic (exact) mass is 279 g/mol. The van der Waals surface area contributed by atoms with Crippen molar-refractivity contribution in [2.24, 2.45) is 0 Å². The van der Waals surface area contributed by atoms with E-state index in [1.165, 1.54) is 6.07 Å². The Balaban J connectivity index is 2.29. The average Bonchev–Trinajstić information content (AvgIpc) is 2.37. The van der Waals surface area contributed by atoms with Crippen LogP contribution in [0.1, 0.15) is 11.1 Å². The van der Waals surface area contributed by atoms with Gasteiger partial charge in [-0.15, -0.1) is 0 Å². The van der Waals surface area contributed by atoms with Crippen LogP contribution in [0.25, 0.3) is 0 Å². The lowest BCUT2D eigenvalue weighted by Gasteiger charge is -2.12. The minimum Gasteiger partial charge on any atom is -0.457 e. The molecule has 0 heterocycles. The van der Waals surface area contributed by atoms with Crippen LogP contribution < -0.4 is 10.1 Å². The maximum Gasteiger partial charge on any atom is 0.132 e. The summed E-state index contributed by atoms with van der Waals surface area (Å²) in [6.45, 7) is 2.36. The van der Waals surface area contributed by atoms with Gasteiger partial charge in [-0.05, 0) is 55.9 Å². The van der Waals surface area contributed by atoms with Gasteiger partial charge in [0.15, 0.2) is 0 Å². The summed E-state index contributed by atoms with van der Waals surface area (Å²) in [6.07, 6.45) is 0. The van der Waals surface area contributed by atoms with Gasteiger partial charge in [0.2, 0.25) is 0 Å². The van der Waals surface area contributed by atoms with Crippen LogP contribution in [0.5, 0.6) is 11.5 Å². The zero-order valence-corrected chi connectivity index (χ0v) is 11.6. The van der Waals surface area contributed by atoms with E-state index in [2.05, 4.69) is 5.32 Å². The first kappa shape index (κ1) is 13.8. The molecule has 0 fully saturated rings. The lowest BCUT2D eigenvalue weighted by atomic mass is 10.2. The molecule has 0 unspecified atom stereocenters. The molecule has 0 atom stereocenters. The Morgan fingerprint density at radius 3 is 2.68 bits per heavy atom. The maximum absolute atomic E-state index is 13.2. The van der Waals surface area contributed by atoms with Gasteiger partial charge in [-0.1, -0.05) is 11.6 Å². The highest BCUT2D eigenvalue weighted by molar-refractivity contribution is 6.30. The molecule has 0 spiro atoms. The van der Waals surface area contributed by atoms with Crippen molar-refractivity contribution in [3.8, 4) is 11.5 Å². The van der Waals surface area contributed by atoms with E-state index in [1.54, 1.807) is 25.1 Å². The Bertz CT molecular complexity index is 586. The van der Waals surface area contributed by atoms with Crippen LogP contribution in [0.15, 0.2) is 36.4 Å². The van der Waals surface area contributed by atoms with Gasteiger partial charge in [-0.3, -0.25) is 0 Å². The first-order valence-electron chi connectivity index (χ1n) is 5.97. The van der Waals surface area contributed by atoms with Gasteiger partial charge in [0.25, 0.3) is 0 Å². The SMILES string of the molecule is CNCc1cc(Cl)ccc1Oc1ccc(F)c(C)c1. The summed E-state index contributed by atoms with van der Waals surface area (Å²) in [5.74, 6) is 1.09. The Morgan fingerprint density at radius 2 is 2.00 bits per heavy atom. The molecule has 2 rings (SSSR count). The second-order valence-corrected chi connectivity index (χ2v) is 4.73. The number of hydrogen-bond acceptors (Lipinski definition) is 2. The molecule has 2 aromatic rings. The standard InChI is InChI=1S/C15H15ClFNO/c1-10-7-13(4-5-14(10)17)19-15-6-3-12(16)8-11(15)9-18-2/h3-8,18H,9H2,1-2H3. The second-order valence-electron chi connectivity index (χ2n) is 4.30. The summed E-state index contributed by atoms with van der Waals surface area (Å²) in [6, 6.07) is 10.1. The van der Waals surface area contributed by atoms with E-state index < -0.39 is 0 Å². The Morgan fingerprint density at radius 1 is 1.21 bits per heavy atom. The largest absolute Gasteiger partial charge is 0.457 e. The smallest absolute Gasteiger partial charge is 0.132 e. The van der Waals surface area contributed by atoms with Crippen molar-refractivity contribution in [3.63, 3.8) is 0 Å². The Labute approximate surface area is 117 Å². The summed E-state index contributed by atoms with van der Waals surface area (Å²) < 4.78 is 19.0. The highest BCUT2D eigenvalue weighted by Gasteiger charge is 2.07. The van der Waals surface area contributed by atoms with Crippen molar-refractivity contribution in [3.05, 3.63) is 58.4 Å². The number of halogens is 2. The molecule has 2 nitrogen and oxygen atoms in total. The molecule has 1 N–H and O–H groups in total. The summed E-state index contributed by atoms with van der Waals surface area (Å²) in [4.78, 5) is 0. The average molecular weight is 280 g/mol. The minimum absolute atomic E-state index is 0.237. The van der Waals surface area contributed by atoms with Crippen LogP contribution in [0.2, 0.25) is 5.02 Å². The molecule has 0 saturated carbocycles. The first-order valence-corrected chi connectivity index (χ1v) is 6.35. The highest BCUT2D eigenvalue weighted by atomic mass is 35.5. The Hall–Kier alpha value is -1.58. The van der Waals surface area contributed by atoms with E-state index in [4.69, 9.17) is 16.3 Å². The number of nitrogens with one attached hydrogen (secondary N) is 1. The molecule has 2 aromatic carbocycles. The van der Waals surface area contributed by atoms with E-state index in [1.807, 2.05) is 19.2 Å². The molecule has 0 bridgehead atoms. The molecule has 100 valence electrons. The van der Waals surface area contributed by atoms with Gasteiger partial charge in [0.1, 0.15) is 17.3 Å². The number of rotatable bonds is 4. The van der Waals surface area contributed by atoms with Crippen LogP contribution in [0.4, 0.5) is 4.39 Å². The molecule has 4 heteroatoms. The van der Waals surface area contributed by atoms with Crippen LogP contribution in [-0.4, -0.2) is 7.05 Å². The highest BCUT2D eigenvalue weighted by Crippen LogP contribution is 2.28. The van der Waals surface area contributed by atoms with Gasteiger partial charge >= 0.3 is 0 Å². The fraction of sp³-hybridized carbons (Fsp3) is 0.200. The lowest BCUT2D eigenvalue weighted by molar-refractivity contribution is 0.471. The van der Waals surface area contributed by atoms with Crippen LogP contribution in [0.3, 0.4) is 0 Å². The molecule has 0 aliphatic heterocycles. The molecular weight excluding hydrogens is 265 g/mol. The predicted molar refractivity (Wildman–Crippen MR) is 75.4 cm³/mol. The summed E-state index contributed by atoms with van der Waals surface area (Å²) in [5.41, 5.74) is 1.51. The molecule has 0 aliphatic rings. The summed E-state index contributed by atoms with van der Waals surface area (Å²) in [5, 5.41) is 3.72. The number of hydrogen-bond donors (Lipinski definition) is 1. The maximum atomic E-state index is 13.2. The van der Waals surface area contributed by atoms with E-state index in [0.29, 0.717) is 28.6 Å². The number of ether oxygens (including phenoxy) is 1. The first-order chi connectivity index (χ1) is 9.10. The fourth-order valence-electron chi connectivity index (χ4n) is 1.78. The van der Waals surface area contributed by atoms with Crippen LogP contribution in [0, 0.1) is 12.7 Å². The molecule has 0 radical (unpaired) electrons. The molecular formula is C15H15ClFNO. The fourth-order valence-corrected chi connectivity index (χ4v) is 1.98. The van der Waals surface area contributed by atoms with Gasteiger partial charge < -0.3 is 10.1 Å². The van der Waals surface area contributed by atoms with Crippen molar-refractivity contribution in [1.82, 2.24) is 5.32 Å². The zero-order valence-electron chi connectivity index (χ0n) is 10.8. The number of benzene rings is 2. The number of aryl methyl sites for hydroxylation is 1. The molecule has 0 saturated heterocycles. The van der Waals surface area contributed by atoms with E-state index in [0.717, 1.165) is 5.56 Å². The van der Waals surface area contributed by atoms with Crippen molar-refractivity contribution >= 4 is 11.6 Å². The summed E-state index contributed by atoms with van der Waals surface area (Å²) >= 11 is 5.97. The molecule has 0 amide bonds. The zero-order chi connectivity index (χ0) is 13.8. The van der Waals surface area contributed by atoms with Gasteiger partial charge in [-0.2, -0.15) is 0 Å². The topological polar surface area (TPSA) is 21.3 Å². The van der Waals surface area contributed by atoms with Crippen LogP contribution >= 0.6 is 11.6 Å². The predicted octanol–water partition coefficient (Wildman–Crippen LogP) is 4.30. The minimum atomic E-state index is -0.237. The normalized spacial score (nSPS) is 10.5.